The first kappa shape index (κ1) is 16.6. The standard InChI is InChI=1S/C20H18ClN5O/c21-19-22-9-7-16(25-19)14-12-23-18-13(14)4-3-5-15(18)20(8-10-24-26-20)17-6-1-2-11-27-17/h3-5,7-10,12,17,23H,1-2,6,11H2. The summed E-state index contributed by atoms with van der Waals surface area (Å²) < 4.78 is 6.12. The molecule has 2 aromatic heterocycles. The largest absolute Gasteiger partial charge is 0.375 e. The van der Waals surface area contributed by atoms with E-state index >= 15 is 0 Å². The maximum atomic E-state index is 6.12. The zero-order valence-electron chi connectivity index (χ0n) is 14.6. The maximum absolute atomic E-state index is 6.12. The lowest BCUT2D eigenvalue weighted by molar-refractivity contribution is -0.0200. The van der Waals surface area contributed by atoms with Gasteiger partial charge in [0.2, 0.25) is 5.28 Å². The number of hydrogen-bond acceptors (Lipinski definition) is 5. The van der Waals surface area contributed by atoms with Gasteiger partial charge >= 0.3 is 0 Å². The zero-order chi connectivity index (χ0) is 18.3. The Morgan fingerprint density at radius 2 is 2.19 bits per heavy atom. The van der Waals surface area contributed by atoms with Crippen molar-refractivity contribution in [2.75, 3.05) is 6.61 Å². The van der Waals surface area contributed by atoms with Crippen LogP contribution in [0.5, 0.6) is 0 Å². The lowest BCUT2D eigenvalue weighted by atomic mass is 9.81. The number of nitrogens with zero attached hydrogens (tertiary/aromatic N) is 4. The number of aromatic amines is 1. The van der Waals surface area contributed by atoms with Gasteiger partial charge in [-0.2, -0.15) is 10.2 Å². The molecule has 1 aromatic carbocycles. The van der Waals surface area contributed by atoms with E-state index in [0.717, 1.165) is 53.6 Å². The predicted molar refractivity (Wildman–Crippen MR) is 104 cm³/mol. The Kier molecular flexibility index (Phi) is 4.02. The third kappa shape index (κ3) is 2.67. The van der Waals surface area contributed by atoms with Crippen molar-refractivity contribution in [2.24, 2.45) is 10.2 Å². The quantitative estimate of drug-likeness (QED) is 0.649. The number of hydrogen-bond donors (Lipinski definition) is 1. The van der Waals surface area contributed by atoms with E-state index < -0.39 is 5.54 Å². The molecule has 1 fully saturated rings. The van der Waals surface area contributed by atoms with Crippen molar-refractivity contribution in [3.63, 3.8) is 0 Å². The smallest absolute Gasteiger partial charge is 0.222 e. The molecule has 5 rings (SSSR count). The average molecular weight is 380 g/mol. The van der Waals surface area contributed by atoms with Gasteiger partial charge in [0, 0.05) is 41.7 Å². The highest BCUT2D eigenvalue weighted by molar-refractivity contribution is 6.28. The molecule has 2 atom stereocenters. The summed E-state index contributed by atoms with van der Waals surface area (Å²) >= 11 is 5.99. The molecular weight excluding hydrogens is 362 g/mol. The molecule has 2 unspecified atom stereocenters. The Morgan fingerprint density at radius 3 is 2.96 bits per heavy atom. The molecule has 2 aliphatic heterocycles. The van der Waals surface area contributed by atoms with Gasteiger partial charge in [-0.25, -0.2) is 9.97 Å². The van der Waals surface area contributed by atoms with Crippen molar-refractivity contribution in [1.82, 2.24) is 15.0 Å². The minimum absolute atomic E-state index is 0.0143. The van der Waals surface area contributed by atoms with E-state index in [0.29, 0.717) is 0 Å². The first-order valence-electron chi connectivity index (χ1n) is 9.09. The van der Waals surface area contributed by atoms with Crippen molar-refractivity contribution >= 4 is 22.5 Å². The molecule has 27 heavy (non-hydrogen) atoms. The Bertz CT molecular complexity index is 1040. The SMILES string of the molecule is Clc1nccc(-c2c[nH]c3c(C4(C5CCCCO5)C=CN=N4)cccc23)n1. The molecule has 0 spiro atoms. The van der Waals surface area contributed by atoms with Crippen LogP contribution in [0.3, 0.4) is 0 Å². The van der Waals surface area contributed by atoms with Crippen LogP contribution in [0.25, 0.3) is 22.2 Å². The molecule has 2 aliphatic rings. The molecule has 1 saturated heterocycles. The van der Waals surface area contributed by atoms with Crippen LogP contribution in [0.1, 0.15) is 24.8 Å². The Morgan fingerprint density at radius 1 is 1.22 bits per heavy atom. The number of fused-ring (bicyclic) bond motifs is 1. The summed E-state index contributed by atoms with van der Waals surface area (Å²) in [6, 6.07) is 8.08. The first-order chi connectivity index (χ1) is 13.3. The van der Waals surface area contributed by atoms with Crippen LogP contribution in [0.4, 0.5) is 0 Å². The number of halogens is 1. The number of rotatable bonds is 3. The fourth-order valence-corrected chi connectivity index (χ4v) is 4.22. The summed E-state index contributed by atoms with van der Waals surface area (Å²) in [7, 11) is 0. The lowest BCUT2D eigenvalue weighted by Gasteiger charge is -2.35. The molecule has 0 radical (unpaired) electrons. The molecule has 3 aromatic rings. The van der Waals surface area contributed by atoms with Crippen LogP contribution in [0, 0.1) is 0 Å². The van der Waals surface area contributed by atoms with Crippen molar-refractivity contribution in [3.8, 4) is 11.3 Å². The Hall–Kier alpha value is -2.57. The van der Waals surface area contributed by atoms with E-state index in [-0.39, 0.29) is 11.4 Å². The second-order valence-electron chi connectivity index (χ2n) is 6.85. The van der Waals surface area contributed by atoms with E-state index in [4.69, 9.17) is 16.3 Å². The van der Waals surface area contributed by atoms with Crippen LogP contribution < -0.4 is 0 Å². The first-order valence-corrected chi connectivity index (χ1v) is 9.46. The van der Waals surface area contributed by atoms with Crippen LogP contribution in [0.15, 0.2) is 59.2 Å². The molecule has 1 N–H and O–H groups in total. The summed E-state index contributed by atoms with van der Waals surface area (Å²) in [5, 5.41) is 10.1. The van der Waals surface area contributed by atoms with Gasteiger partial charge in [-0.3, -0.25) is 0 Å². The van der Waals surface area contributed by atoms with Gasteiger partial charge in [-0.15, -0.1) is 0 Å². The molecule has 6 nitrogen and oxygen atoms in total. The molecule has 136 valence electrons. The van der Waals surface area contributed by atoms with Crippen LogP contribution in [-0.2, 0) is 10.3 Å². The number of para-hydroxylation sites is 1. The summed E-state index contributed by atoms with van der Waals surface area (Å²) in [4.78, 5) is 11.7. The Labute approximate surface area is 161 Å². The number of aromatic nitrogens is 3. The van der Waals surface area contributed by atoms with Crippen molar-refractivity contribution in [3.05, 3.63) is 59.8 Å². The van der Waals surface area contributed by atoms with E-state index in [9.17, 15) is 0 Å². The third-order valence-corrected chi connectivity index (χ3v) is 5.52. The van der Waals surface area contributed by atoms with Crippen LogP contribution in [-0.4, -0.2) is 27.7 Å². The normalized spacial score (nSPS) is 24.7. The highest BCUT2D eigenvalue weighted by Crippen LogP contribution is 2.44. The number of ether oxygens (including phenoxy) is 1. The molecule has 0 amide bonds. The molecule has 4 heterocycles. The highest BCUT2D eigenvalue weighted by Gasteiger charge is 2.43. The fourth-order valence-electron chi connectivity index (χ4n) is 4.07. The van der Waals surface area contributed by atoms with E-state index in [1.165, 1.54) is 0 Å². The summed E-state index contributed by atoms with van der Waals surface area (Å²) in [5.74, 6) is 0. The van der Waals surface area contributed by atoms with Gasteiger partial charge in [0.1, 0.15) is 0 Å². The van der Waals surface area contributed by atoms with Gasteiger partial charge in [0.15, 0.2) is 5.54 Å². The minimum Gasteiger partial charge on any atom is -0.375 e. The number of benzene rings is 1. The zero-order valence-corrected chi connectivity index (χ0v) is 15.4. The molecular formula is C20H18ClN5O. The molecule has 0 aliphatic carbocycles. The number of nitrogens with one attached hydrogen (secondary N) is 1. The lowest BCUT2D eigenvalue weighted by Crippen LogP contribution is -2.39. The topological polar surface area (TPSA) is 75.5 Å². The minimum atomic E-state index is -0.592. The summed E-state index contributed by atoms with van der Waals surface area (Å²) in [5.41, 5.74) is 3.25. The summed E-state index contributed by atoms with van der Waals surface area (Å²) in [6.07, 6.45) is 10.6. The molecule has 0 saturated carbocycles. The van der Waals surface area contributed by atoms with Crippen molar-refractivity contribution in [1.29, 1.82) is 0 Å². The second-order valence-corrected chi connectivity index (χ2v) is 7.19. The molecule has 0 bridgehead atoms. The van der Waals surface area contributed by atoms with Crippen LogP contribution in [0.2, 0.25) is 5.28 Å². The van der Waals surface area contributed by atoms with E-state index in [2.05, 4.69) is 43.4 Å². The van der Waals surface area contributed by atoms with Gasteiger partial charge < -0.3 is 9.72 Å². The van der Waals surface area contributed by atoms with E-state index in [1.807, 2.05) is 18.3 Å². The fraction of sp³-hybridized carbons (Fsp3) is 0.300. The number of azo groups is 1. The average Bonchev–Trinajstić information content (AvgIpc) is 3.37. The highest BCUT2D eigenvalue weighted by atomic mass is 35.5. The van der Waals surface area contributed by atoms with E-state index in [1.54, 1.807) is 12.4 Å². The Balaban J connectivity index is 1.68. The molecule has 7 heteroatoms. The summed E-state index contributed by atoms with van der Waals surface area (Å²) in [6.45, 7) is 0.765. The predicted octanol–water partition coefficient (Wildman–Crippen LogP) is 5.02. The van der Waals surface area contributed by atoms with Crippen molar-refractivity contribution in [2.45, 2.75) is 30.9 Å². The number of H-pyrrole nitrogens is 1. The monoisotopic (exact) mass is 379 g/mol. The van der Waals surface area contributed by atoms with Gasteiger partial charge in [-0.05, 0) is 43.0 Å². The maximum Gasteiger partial charge on any atom is 0.222 e. The van der Waals surface area contributed by atoms with Gasteiger partial charge in [0.05, 0.1) is 17.3 Å². The van der Waals surface area contributed by atoms with Gasteiger partial charge in [0.25, 0.3) is 0 Å². The van der Waals surface area contributed by atoms with Gasteiger partial charge in [-0.1, -0.05) is 18.2 Å². The second kappa shape index (κ2) is 6.55. The van der Waals surface area contributed by atoms with Crippen LogP contribution >= 0.6 is 11.6 Å². The third-order valence-electron chi connectivity index (χ3n) is 5.34. The van der Waals surface area contributed by atoms with Crippen molar-refractivity contribution < 1.29 is 4.74 Å².